The third-order valence-electron chi connectivity index (χ3n) is 5.33. The average molecular weight is 508 g/mol. The summed E-state index contributed by atoms with van der Waals surface area (Å²) in [5, 5.41) is 0.126. The molecule has 12 heteroatoms. The highest BCUT2D eigenvalue weighted by atomic mass is 35.5. The van der Waals surface area contributed by atoms with Crippen molar-refractivity contribution in [2.75, 3.05) is 36.8 Å². The van der Waals surface area contributed by atoms with Gasteiger partial charge in [-0.2, -0.15) is 13.2 Å². The van der Waals surface area contributed by atoms with Crippen LogP contribution in [0.1, 0.15) is 28.4 Å². The van der Waals surface area contributed by atoms with Gasteiger partial charge in [0.15, 0.2) is 0 Å². The number of anilines is 1. The highest BCUT2D eigenvalue weighted by Gasteiger charge is 2.30. The zero-order valence-electron chi connectivity index (χ0n) is 17.6. The summed E-state index contributed by atoms with van der Waals surface area (Å²) < 4.78 is 77.6. The van der Waals surface area contributed by atoms with E-state index in [1.807, 2.05) is 9.80 Å². The Kier molecular flexibility index (Phi) is 7.55. The van der Waals surface area contributed by atoms with Crippen LogP contribution in [0.5, 0.6) is 0 Å². The first-order valence-corrected chi connectivity index (χ1v) is 12.1. The number of hydrogen-bond acceptors (Lipinski definition) is 5. The molecule has 1 saturated heterocycles. The molecule has 33 heavy (non-hydrogen) atoms. The topological polar surface area (TPSA) is 69.7 Å². The second-order valence-corrected chi connectivity index (χ2v) is 9.98. The highest BCUT2D eigenvalue weighted by Crippen LogP contribution is 2.31. The van der Waals surface area contributed by atoms with Gasteiger partial charge in [-0.1, -0.05) is 11.6 Å². The molecule has 1 aliphatic heterocycles. The molecule has 0 aliphatic carbocycles. The van der Waals surface area contributed by atoms with E-state index in [9.17, 15) is 30.8 Å². The molecule has 0 atom stereocenters. The molecule has 2 aromatic carbocycles. The van der Waals surface area contributed by atoms with Crippen molar-refractivity contribution in [3.63, 3.8) is 0 Å². The SMILES string of the molecule is CCS(=O)(=O)NC(=O)c1cc(Cl)c(CN2CCN(c3ccc(C(F)(F)F)cc3)CC2)cc1F. The maximum atomic E-state index is 14.5. The Labute approximate surface area is 194 Å². The number of sulfonamides is 1. The van der Waals surface area contributed by atoms with Crippen LogP contribution in [0.25, 0.3) is 0 Å². The van der Waals surface area contributed by atoms with Gasteiger partial charge in [0.2, 0.25) is 10.0 Å². The fraction of sp³-hybridized carbons (Fsp3) is 0.381. The van der Waals surface area contributed by atoms with E-state index in [4.69, 9.17) is 11.6 Å². The van der Waals surface area contributed by atoms with E-state index in [-0.39, 0.29) is 10.8 Å². The molecule has 1 heterocycles. The molecule has 2 aromatic rings. The van der Waals surface area contributed by atoms with Crippen LogP contribution in [0.4, 0.5) is 23.2 Å². The standard InChI is InChI=1S/C21H22ClF4N3O3S/c1-2-33(31,32)27-20(30)17-12-18(22)14(11-19(17)23)13-28-7-9-29(10-8-28)16-5-3-15(4-6-16)21(24,25)26/h3-6,11-12H,2,7-10,13H2,1H3,(H,27,30). The lowest BCUT2D eigenvalue weighted by molar-refractivity contribution is -0.137. The number of benzene rings is 2. The molecule has 180 valence electrons. The number of carbonyl (C=O) groups excluding carboxylic acids is 1. The van der Waals surface area contributed by atoms with Crippen molar-refractivity contribution in [2.24, 2.45) is 0 Å². The van der Waals surface area contributed by atoms with Gasteiger partial charge in [-0.3, -0.25) is 9.69 Å². The molecule has 0 aromatic heterocycles. The van der Waals surface area contributed by atoms with Crippen molar-refractivity contribution in [1.82, 2.24) is 9.62 Å². The normalized spacial score (nSPS) is 15.5. The van der Waals surface area contributed by atoms with Gasteiger partial charge in [-0.15, -0.1) is 0 Å². The molecular weight excluding hydrogens is 486 g/mol. The van der Waals surface area contributed by atoms with E-state index in [0.717, 1.165) is 24.3 Å². The first-order chi connectivity index (χ1) is 15.4. The van der Waals surface area contributed by atoms with Crippen molar-refractivity contribution >= 4 is 33.2 Å². The van der Waals surface area contributed by atoms with E-state index in [0.29, 0.717) is 44.0 Å². The van der Waals surface area contributed by atoms with Crippen LogP contribution in [0.3, 0.4) is 0 Å². The predicted molar refractivity (Wildman–Crippen MR) is 117 cm³/mol. The molecule has 1 N–H and O–H groups in total. The molecule has 0 spiro atoms. The van der Waals surface area contributed by atoms with Gasteiger partial charge < -0.3 is 4.90 Å². The predicted octanol–water partition coefficient (Wildman–Crippen LogP) is 3.90. The number of piperazine rings is 1. The fourth-order valence-corrected chi connectivity index (χ4v) is 4.18. The van der Waals surface area contributed by atoms with Gasteiger partial charge in [-0.05, 0) is 48.9 Å². The van der Waals surface area contributed by atoms with Crippen molar-refractivity contribution in [1.29, 1.82) is 0 Å². The van der Waals surface area contributed by atoms with E-state index in [1.54, 1.807) is 4.72 Å². The number of hydrogen-bond donors (Lipinski definition) is 1. The summed E-state index contributed by atoms with van der Waals surface area (Å²) in [6.45, 7) is 3.89. The lowest BCUT2D eigenvalue weighted by Gasteiger charge is -2.36. The summed E-state index contributed by atoms with van der Waals surface area (Å²) in [6.07, 6.45) is -4.38. The van der Waals surface area contributed by atoms with Crippen LogP contribution in [-0.2, 0) is 22.7 Å². The highest BCUT2D eigenvalue weighted by molar-refractivity contribution is 7.90. The van der Waals surface area contributed by atoms with Gasteiger partial charge in [0.1, 0.15) is 5.82 Å². The average Bonchev–Trinajstić information content (AvgIpc) is 2.75. The van der Waals surface area contributed by atoms with E-state index in [1.165, 1.54) is 19.1 Å². The molecule has 0 bridgehead atoms. The minimum Gasteiger partial charge on any atom is -0.369 e. The van der Waals surface area contributed by atoms with Crippen molar-refractivity contribution in [3.8, 4) is 0 Å². The summed E-state index contributed by atoms with van der Waals surface area (Å²) in [6, 6.07) is 7.19. The van der Waals surface area contributed by atoms with Gasteiger partial charge in [0.25, 0.3) is 5.91 Å². The summed E-state index contributed by atoms with van der Waals surface area (Å²) >= 11 is 6.22. The second-order valence-electron chi connectivity index (χ2n) is 7.57. The third kappa shape index (κ3) is 6.36. The Bertz CT molecular complexity index is 1120. The van der Waals surface area contributed by atoms with Gasteiger partial charge in [0, 0.05) is 43.4 Å². The van der Waals surface area contributed by atoms with Crippen LogP contribution in [0.2, 0.25) is 5.02 Å². The van der Waals surface area contributed by atoms with Crippen molar-refractivity contribution in [2.45, 2.75) is 19.6 Å². The smallest absolute Gasteiger partial charge is 0.369 e. The molecule has 0 saturated carbocycles. The monoisotopic (exact) mass is 507 g/mol. The Morgan fingerprint density at radius 1 is 1.09 bits per heavy atom. The van der Waals surface area contributed by atoms with E-state index < -0.39 is 39.1 Å². The van der Waals surface area contributed by atoms with Gasteiger partial charge >= 0.3 is 6.18 Å². The van der Waals surface area contributed by atoms with E-state index >= 15 is 0 Å². The number of halogens is 5. The van der Waals surface area contributed by atoms with Crippen LogP contribution in [-0.4, -0.2) is 51.2 Å². The summed E-state index contributed by atoms with van der Waals surface area (Å²) in [4.78, 5) is 16.0. The molecule has 1 amide bonds. The first-order valence-electron chi connectivity index (χ1n) is 10.1. The zero-order valence-corrected chi connectivity index (χ0v) is 19.2. The lowest BCUT2D eigenvalue weighted by Crippen LogP contribution is -2.46. The van der Waals surface area contributed by atoms with Crippen LogP contribution in [0, 0.1) is 5.82 Å². The van der Waals surface area contributed by atoms with Gasteiger partial charge in [0.05, 0.1) is 16.9 Å². The third-order valence-corrected chi connectivity index (χ3v) is 6.94. The Morgan fingerprint density at radius 3 is 2.24 bits per heavy atom. The number of alkyl halides is 3. The number of rotatable bonds is 6. The molecule has 3 rings (SSSR count). The van der Waals surface area contributed by atoms with Crippen LogP contribution >= 0.6 is 11.6 Å². The Balaban J connectivity index is 1.62. The van der Waals surface area contributed by atoms with Crippen molar-refractivity contribution < 1.29 is 30.8 Å². The quantitative estimate of drug-likeness (QED) is 0.601. The first kappa shape index (κ1) is 25.3. The molecule has 1 aliphatic rings. The van der Waals surface area contributed by atoms with E-state index in [2.05, 4.69) is 0 Å². The minimum atomic E-state index is -4.38. The maximum absolute atomic E-state index is 14.5. The van der Waals surface area contributed by atoms with Crippen molar-refractivity contribution in [3.05, 3.63) is 63.9 Å². The van der Waals surface area contributed by atoms with Crippen LogP contribution < -0.4 is 9.62 Å². The molecule has 6 nitrogen and oxygen atoms in total. The summed E-state index contributed by atoms with van der Waals surface area (Å²) in [5.74, 6) is -2.31. The lowest BCUT2D eigenvalue weighted by atomic mass is 10.1. The molecule has 0 unspecified atom stereocenters. The molecular formula is C21H22ClF4N3O3S. The Hall–Kier alpha value is -2.37. The summed E-state index contributed by atoms with van der Waals surface area (Å²) in [7, 11) is -3.85. The van der Waals surface area contributed by atoms with Crippen LogP contribution in [0.15, 0.2) is 36.4 Å². The number of amides is 1. The molecule has 1 fully saturated rings. The Morgan fingerprint density at radius 2 is 1.70 bits per heavy atom. The zero-order chi connectivity index (χ0) is 24.4. The largest absolute Gasteiger partial charge is 0.416 e. The maximum Gasteiger partial charge on any atom is 0.416 e. The summed E-state index contributed by atoms with van der Waals surface area (Å²) in [5.41, 5.74) is -0.0463. The number of nitrogens with zero attached hydrogens (tertiary/aromatic N) is 2. The minimum absolute atomic E-state index is 0.126. The number of nitrogens with one attached hydrogen (secondary N) is 1. The molecule has 0 radical (unpaired) electrons. The van der Waals surface area contributed by atoms with Gasteiger partial charge in [-0.25, -0.2) is 17.5 Å². The second kappa shape index (κ2) is 9.86. The fourth-order valence-electron chi connectivity index (χ4n) is 3.42. The number of carbonyl (C=O) groups is 1.